The van der Waals surface area contributed by atoms with Crippen molar-refractivity contribution in [2.24, 2.45) is 7.05 Å². The normalized spacial score (nSPS) is 10.4. The minimum absolute atomic E-state index is 0.0376. The molecule has 0 fully saturated rings. The summed E-state index contributed by atoms with van der Waals surface area (Å²) < 4.78 is 1.72. The Hall–Kier alpha value is -1.95. The first-order valence-electron chi connectivity index (χ1n) is 5.40. The number of rotatable bonds is 3. The molecule has 0 saturated heterocycles. The lowest BCUT2D eigenvalue weighted by Crippen LogP contribution is -2.15. The van der Waals surface area contributed by atoms with Gasteiger partial charge < -0.3 is 4.57 Å². The van der Waals surface area contributed by atoms with Gasteiger partial charge in [-0.1, -0.05) is 11.3 Å². The van der Waals surface area contributed by atoms with Gasteiger partial charge in [-0.15, -0.1) is 0 Å². The molecule has 6 heteroatoms. The summed E-state index contributed by atoms with van der Waals surface area (Å²) in [5.74, 6) is -0.268. The van der Waals surface area contributed by atoms with Crippen LogP contribution in [0.15, 0.2) is 18.3 Å². The van der Waals surface area contributed by atoms with Gasteiger partial charge in [-0.3, -0.25) is 14.9 Å². The molecule has 0 aromatic carbocycles. The fourth-order valence-corrected chi connectivity index (χ4v) is 2.49. The Balaban J connectivity index is 2.20. The van der Waals surface area contributed by atoms with E-state index < -0.39 is 0 Å². The summed E-state index contributed by atoms with van der Waals surface area (Å²) in [6, 6.07) is 3.52. The van der Waals surface area contributed by atoms with Crippen LogP contribution >= 0.6 is 11.3 Å². The Morgan fingerprint density at radius 2 is 2.17 bits per heavy atom. The molecular weight excluding hydrogens is 250 g/mol. The van der Waals surface area contributed by atoms with Gasteiger partial charge in [-0.05, 0) is 19.1 Å². The van der Waals surface area contributed by atoms with Crippen molar-refractivity contribution in [1.82, 2.24) is 9.55 Å². The summed E-state index contributed by atoms with van der Waals surface area (Å²) >= 11 is 1.20. The van der Waals surface area contributed by atoms with E-state index >= 15 is 0 Å². The van der Waals surface area contributed by atoms with Crippen LogP contribution in [0.4, 0.5) is 5.13 Å². The second-order valence-corrected chi connectivity index (χ2v) is 4.95. The van der Waals surface area contributed by atoms with Crippen LogP contribution in [0.3, 0.4) is 0 Å². The molecule has 0 aliphatic rings. The minimum Gasteiger partial charge on any atom is -0.347 e. The highest BCUT2D eigenvalue weighted by Gasteiger charge is 2.15. The molecule has 0 aliphatic heterocycles. The Morgan fingerprint density at radius 1 is 1.44 bits per heavy atom. The molecule has 0 saturated carbocycles. The number of anilines is 1. The smallest absolute Gasteiger partial charge is 0.274 e. The molecule has 0 bridgehead atoms. The number of aryl methyl sites for hydroxylation is 2. The maximum absolute atomic E-state index is 11.9. The van der Waals surface area contributed by atoms with Crippen molar-refractivity contribution in [3.05, 3.63) is 34.6 Å². The van der Waals surface area contributed by atoms with Crippen LogP contribution in [-0.4, -0.2) is 21.2 Å². The largest absolute Gasteiger partial charge is 0.347 e. The van der Waals surface area contributed by atoms with Crippen LogP contribution < -0.4 is 5.32 Å². The monoisotopic (exact) mass is 263 g/mol. The Labute approximate surface area is 108 Å². The zero-order valence-electron chi connectivity index (χ0n) is 10.4. The highest BCUT2D eigenvalue weighted by atomic mass is 32.1. The van der Waals surface area contributed by atoms with Gasteiger partial charge in [0.05, 0.1) is 10.6 Å². The zero-order valence-corrected chi connectivity index (χ0v) is 11.2. The number of carbonyl (C=O) groups excluding carboxylic acids is 2. The van der Waals surface area contributed by atoms with E-state index in [2.05, 4.69) is 10.3 Å². The van der Waals surface area contributed by atoms with E-state index in [1.54, 1.807) is 36.9 Å². The first-order valence-corrected chi connectivity index (χ1v) is 6.21. The fourth-order valence-electron chi connectivity index (χ4n) is 1.63. The molecule has 0 aliphatic carbocycles. The third-order valence-corrected chi connectivity index (χ3v) is 3.69. The van der Waals surface area contributed by atoms with Gasteiger partial charge in [0.1, 0.15) is 5.69 Å². The van der Waals surface area contributed by atoms with Crippen LogP contribution in [0.1, 0.15) is 32.8 Å². The summed E-state index contributed by atoms with van der Waals surface area (Å²) in [5, 5.41) is 3.14. The van der Waals surface area contributed by atoms with Gasteiger partial charge in [-0.2, -0.15) is 0 Å². The topological polar surface area (TPSA) is 64.0 Å². The number of thiazole rings is 1. The number of carbonyl (C=O) groups is 2. The van der Waals surface area contributed by atoms with Crippen LogP contribution in [-0.2, 0) is 7.05 Å². The number of Topliss-reactive ketones (excluding diaryl/α,β-unsaturated/α-hetero) is 1. The highest BCUT2D eigenvalue weighted by Crippen LogP contribution is 2.23. The van der Waals surface area contributed by atoms with Gasteiger partial charge in [0.25, 0.3) is 5.91 Å². The van der Waals surface area contributed by atoms with Gasteiger partial charge in [0, 0.05) is 20.2 Å². The molecule has 2 aromatic rings. The second-order valence-electron chi connectivity index (χ2n) is 3.95. The number of hydrogen-bond acceptors (Lipinski definition) is 4. The molecular formula is C12H13N3O2S. The van der Waals surface area contributed by atoms with Crippen molar-refractivity contribution in [1.29, 1.82) is 0 Å². The minimum atomic E-state index is -0.230. The van der Waals surface area contributed by atoms with Crippen molar-refractivity contribution in [3.63, 3.8) is 0 Å². The Morgan fingerprint density at radius 3 is 2.67 bits per heavy atom. The quantitative estimate of drug-likeness (QED) is 0.864. The molecule has 2 heterocycles. The van der Waals surface area contributed by atoms with Crippen molar-refractivity contribution in [2.45, 2.75) is 13.8 Å². The maximum atomic E-state index is 11.9. The van der Waals surface area contributed by atoms with Gasteiger partial charge in [0.2, 0.25) is 0 Å². The molecule has 18 heavy (non-hydrogen) atoms. The van der Waals surface area contributed by atoms with E-state index in [4.69, 9.17) is 0 Å². The van der Waals surface area contributed by atoms with Crippen molar-refractivity contribution >= 4 is 28.2 Å². The lowest BCUT2D eigenvalue weighted by molar-refractivity contribution is 0.101. The summed E-state index contributed by atoms with van der Waals surface area (Å²) in [4.78, 5) is 28.0. The van der Waals surface area contributed by atoms with E-state index in [0.717, 1.165) is 0 Å². The van der Waals surface area contributed by atoms with E-state index in [1.807, 2.05) is 0 Å². The molecule has 0 radical (unpaired) electrons. The SMILES string of the molecule is CC(=O)c1sc(NC(=O)c2cccn2C)nc1C. The second kappa shape index (κ2) is 4.73. The van der Waals surface area contributed by atoms with E-state index in [-0.39, 0.29) is 11.7 Å². The predicted octanol–water partition coefficient (Wildman–Crippen LogP) is 2.24. The summed E-state index contributed by atoms with van der Waals surface area (Å²) in [6.45, 7) is 3.24. The first kappa shape index (κ1) is 12.5. The highest BCUT2D eigenvalue weighted by molar-refractivity contribution is 7.17. The zero-order chi connectivity index (χ0) is 13.3. The summed E-state index contributed by atoms with van der Waals surface area (Å²) in [6.07, 6.45) is 1.79. The number of nitrogens with one attached hydrogen (secondary N) is 1. The third kappa shape index (κ3) is 2.33. The molecule has 2 aromatic heterocycles. The summed E-state index contributed by atoms with van der Waals surface area (Å²) in [5.41, 5.74) is 1.20. The number of nitrogens with zero attached hydrogens (tertiary/aromatic N) is 2. The maximum Gasteiger partial charge on any atom is 0.274 e. The Kier molecular flexibility index (Phi) is 3.29. The van der Waals surface area contributed by atoms with E-state index in [9.17, 15) is 9.59 Å². The standard InChI is InChI=1S/C12H13N3O2S/c1-7-10(8(2)16)18-12(13-7)14-11(17)9-5-4-6-15(9)3/h4-6H,1-3H3,(H,13,14,17). The van der Waals surface area contributed by atoms with Crippen LogP contribution in [0.5, 0.6) is 0 Å². The van der Waals surface area contributed by atoms with E-state index in [1.165, 1.54) is 18.3 Å². The molecule has 1 N–H and O–H groups in total. The van der Waals surface area contributed by atoms with Crippen molar-refractivity contribution in [2.75, 3.05) is 5.32 Å². The van der Waals surface area contributed by atoms with Crippen molar-refractivity contribution in [3.8, 4) is 0 Å². The van der Waals surface area contributed by atoms with Crippen LogP contribution in [0.2, 0.25) is 0 Å². The average molecular weight is 263 g/mol. The molecule has 94 valence electrons. The Bertz CT molecular complexity index is 613. The number of amides is 1. The lowest BCUT2D eigenvalue weighted by atomic mass is 10.3. The third-order valence-electron chi connectivity index (χ3n) is 2.51. The molecule has 0 unspecified atom stereocenters. The van der Waals surface area contributed by atoms with Crippen LogP contribution in [0.25, 0.3) is 0 Å². The van der Waals surface area contributed by atoms with Gasteiger partial charge >= 0.3 is 0 Å². The molecule has 5 nitrogen and oxygen atoms in total. The van der Waals surface area contributed by atoms with Gasteiger partial charge in [0.15, 0.2) is 10.9 Å². The van der Waals surface area contributed by atoms with E-state index in [0.29, 0.717) is 21.4 Å². The molecule has 1 amide bonds. The fraction of sp³-hybridized carbons (Fsp3) is 0.250. The number of hydrogen-bond donors (Lipinski definition) is 1. The van der Waals surface area contributed by atoms with Crippen LogP contribution in [0, 0.1) is 6.92 Å². The molecule has 0 spiro atoms. The molecule has 0 atom stereocenters. The lowest BCUT2D eigenvalue weighted by Gasteiger charge is -2.02. The van der Waals surface area contributed by atoms with Gasteiger partial charge in [-0.25, -0.2) is 4.98 Å². The molecule has 2 rings (SSSR count). The number of aromatic nitrogens is 2. The summed E-state index contributed by atoms with van der Waals surface area (Å²) in [7, 11) is 1.79. The number of ketones is 1. The van der Waals surface area contributed by atoms with Crippen molar-refractivity contribution < 1.29 is 9.59 Å². The predicted molar refractivity (Wildman–Crippen MR) is 70.2 cm³/mol. The first-order chi connectivity index (χ1) is 8.49. The average Bonchev–Trinajstić information content (AvgIpc) is 2.84.